The number of aliphatic hydroxyl groups excluding tert-OH is 1. The molecule has 222 valence electrons. The van der Waals surface area contributed by atoms with Crippen molar-refractivity contribution in [2.45, 2.75) is 62.9 Å². The Bertz CT molecular complexity index is 1550. The van der Waals surface area contributed by atoms with Crippen molar-refractivity contribution in [1.82, 2.24) is 20.1 Å². The number of fused-ring (bicyclic) bond motifs is 1. The van der Waals surface area contributed by atoms with Gasteiger partial charge in [0.15, 0.2) is 0 Å². The molecular weight excluding hydrogens is 580 g/mol. The summed E-state index contributed by atoms with van der Waals surface area (Å²) in [5.74, 6) is -1.62. The molecule has 1 saturated carbocycles. The van der Waals surface area contributed by atoms with Crippen LogP contribution in [0.4, 0.5) is 0 Å². The van der Waals surface area contributed by atoms with Crippen LogP contribution in [0, 0.1) is 0 Å². The Hall–Kier alpha value is -3.35. The van der Waals surface area contributed by atoms with Crippen LogP contribution in [0.3, 0.4) is 0 Å². The smallest absolute Gasteiger partial charge is 0.255 e. The number of rotatable bonds is 9. The van der Waals surface area contributed by atoms with Crippen LogP contribution >= 0.6 is 11.6 Å². The Morgan fingerprint density at radius 3 is 2.60 bits per heavy atom. The average molecular weight is 613 g/mol. The Labute approximate surface area is 250 Å². The van der Waals surface area contributed by atoms with Crippen LogP contribution in [0.25, 0.3) is 0 Å². The van der Waals surface area contributed by atoms with Crippen molar-refractivity contribution in [2.24, 2.45) is 0 Å². The average Bonchev–Trinajstić information content (AvgIpc) is 2.97. The molecule has 1 aromatic heterocycles. The van der Waals surface area contributed by atoms with E-state index in [1.54, 1.807) is 71.8 Å². The fraction of sp³-hybridized carbons (Fsp3) is 0.367. The first-order valence-electron chi connectivity index (χ1n) is 13.8. The zero-order chi connectivity index (χ0) is 29.9. The number of hydrogen-bond donors (Lipinski definition) is 3. The predicted octanol–water partition coefficient (Wildman–Crippen LogP) is 3.62. The van der Waals surface area contributed by atoms with Gasteiger partial charge in [-0.25, -0.2) is 18.6 Å². The number of nitrogens with zero attached hydrogens (tertiary/aromatic N) is 2. The normalized spacial score (nSPS) is 22.5. The quantitative estimate of drug-likeness (QED) is 0.314. The minimum Gasteiger partial charge on any atom is -0.392 e. The molecule has 12 heteroatoms. The molecule has 2 heterocycles. The van der Waals surface area contributed by atoms with Gasteiger partial charge in [0.1, 0.15) is 6.61 Å². The third-order valence-corrected chi connectivity index (χ3v) is 8.76. The zero-order valence-corrected chi connectivity index (χ0v) is 24.6. The summed E-state index contributed by atoms with van der Waals surface area (Å²) in [6.07, 6.45) is 5.43. The van der Waals surface area contributed by atoms with Gasteiger partial charge in [0.05, 0.1) is 30.5 Å². The first-order chi connectivity index (χ1) is 20.2. The first-order valence-corrected chi connectivity index (χ1v) is 16.0. The van der Waals surface area contributed by atoms with Gasteiger partial charge in [0.2, 0.25) is 10.0 Å². The minimum absolute atomic E-state index is 0.0365. The van der Waals surface area contributed by atoms with E-state index in [4.69, 9.17) is 16.4 Å². The van der Waals surface area contributed by atoms with Gasteiger partial charge < -0.3 is 10.0 Å². The topological polar surface area (TPSA) is 138 Å². The number of pyridine rings is 1. The van der Waals surface area contributed by atoms with Gasteiger partial charge >= 0.3 is 0 Å². The number of aromatic nitrogens is 1. The number of hydrogen-bond acceptors (Lipinski definition) is 7. The molecule has 0 bridgehead atoms. The highest BCUT2D eigenvalue weighted by Crippen LogP contribution is 2.46. The van der Waals surface area contributed by atoms with Gasteiger partial charge in [-0.3, -0.25) is 19.4 Å². The Morgan fingerprint density at radius 2 is 1.86 bits per heavy atom. The minimum atomic E-state index is -3.56. The largest absolute Gasteiger partial charge is 0.392 e. The third-order valence-electron chi connectivity index (χ3n) is 7.78. The molecule has 3 N–H and O–H groups in total. The lowest BCUT2D eigenvalue weighted by Crippen LogP contribution is -2.59. The summed E-state index contributed by atoms with van der Waals surface area (Å²) in [7, 11) is -3.56. The van der Waals surface area contributed by atoms with E-state index in [0.29, 0.717) is 45.8 Å². The van der Waals surface area contributed by atoms with Crippen LogP contribution in [0.2, 0.25) is 5.02 Å². The van der Waals surface area contributed by atoms with E-state index in [0.717, 1.165) is 19.1 Å². The number of hydroxylamine groups is 1. The van der Waals surface area contributed by atoms with Crippen LogP contribution < -0.4 is 10.2 Å². The lowest BCUT2D eigenvalue weighted by Gasteiger charge is -2.49. The molecule has 1 fully saturated rings. The number of carbonyl (C=O) groups excluding carboxylic acids is 2. The fourth-order valence-corrected chi connectivity index (χ4v) is 6.97. The number of sulfonamides is 1. The van der Waals surface area contributed by atoms with Gasteiger partial charge in [-0.15, -0.1) is 0 Å². The van der Waals surface area contributed by atoms with Crippen molar-refractivity contribution < 1.29 is 28.0 Å². The number of nitrogens with one attached hydrogen (secondary N) is 2. The molecule has 4 atom stereocenters. The summed E-state index contributed by atoms with van der Waals surface area (Å²) in [5, 5.41) is 9.92. The predicted molar refractivity (Wildman–Crippen MR) is 157 cm³/mol. The number of aliphatic hydroxyl groups is 1. The molecule has 0 spiro atoms. The van der Waals surface area contributed by atoms with E-state index in [-0.39, 0.29) is 19.1 Å². The van der Waals surface area contributed by atoms with E-state index in [9.17, 15) is 23.1 Å². The maximum Gasteiger partial charge on any atom is 0.255 e. The number of amides is 2. The monoisotopic (exact) mass is 612 g/mol. The molecular formula is C30H33ClN4O6S. The van der Waals surface area contributed by atoms with E-state index < -0.39 is 40.0 Å². The summed E-state index contributed by atoms with van der Waals surface area (Å²) in [6, 6.07) is 15.6. The maximum absolute atomic E-state index is 14.2. The van der Waals surface area contributed by atoms with Crippen LogP contribution in [-0.2, 0) is 32.9 Å². The van der Waals surface area contributed by atoms with Crippen molar-refractivity contribution in [2.75, 3.05) is 6.26 Å². The number of carbonyl (C=O) groups is 2. The molecule has 42 heavy (non-hydrogen) atoms. The lowest BCUT2D eigenvalue weighted by atomic mass is 9.76. The summed E-state index contributed by atoms with van der Waals surface area (Å²) in [6.45, 7) is -0.186. The van der Waals surface area contributed by atoms with Gasteiger partial charge in [0.25, 0.3) is 11.8 Å². The van der Waals surface area contributed by atoms with Crippen molar-refractivity contribution >= 4 is 33.4 Å². The maximum atomic E-state index is 14.2. The summed E-state index contributed by atoms with van der Waals surface area (Å²) in [5.41, 5.74) is 5.36. The molecule has 2 amide bonds. The second-order valence-electron chi connectivity index (χ2n) is 10.7. The summed E-state index contributed by atoms with van der Waals surface area (Å²) >= 11 is 6.21. The molecule has 1 aliphatic carbocycles. The van der Waals surface area contributed by atoms with E-state index in [2.05, 4.69) is 15.2 Å². The molecule has 2 aliphatic rings. The van der Waals surface area contributed by atoms with Gasteiger partial charge in [-0.2, -0.15) is 0 Å². The molecule has 10 nitrogen and oxygen atoms in total. The van der Waals surface area contributed by atoms with E-state index >= 15 is 0 Å². The highest BCUT2D eigenvalue weighted by molar-refractivity contribution is 7.88. The molecule has 0 radical (unpaired) electrons. The Balaban J connectivity index is 1.54. The SMILES string of the molecule is CS(=O)(=O)N[C@H]1CCCC[C@@H]1N1C(=O)c2ccccc2[C@@H](C(=O)NOCc2cc(CO)ccn2)[C@@H]1c1ccc(Cl)cc1. The second kappa shape index (κ2) is 12.9. The molecule has 2 aromatic carbocycles. The zero-order valence-electron chi connectivity index (χ0n) is 23.1. The Morgan fingerprint density at radius 1 is 1.12 bits per heavy atom. The highest BCUT2D eigenvalue weighted by Gasteiger charge is 2.49. The lowest BCUT2D eigenvalue weighted by molar-refractivity contribution is -0.138. The summed E-state index contributed by atoms with van der Waals surface area (Å²) < 4.78 is 27.4. The Kier molecular flexibility index (Phi) is 9.24. The van der Waals surface area contributed by atoms with Crippen molar-refractivity contribution in [1.29, 1.82) is 0 Å². The molecule has 0 unspecified atom stereocenters. The number of benzene rings is 2. The molecule has 5 rings (SSSR count). The second-order valence-corrected chi connectivity index (χ2v) is 12.9. The fourth-order valence-electron chi connectivity index (χ4n) is 6.02. The van der Waals surface area contributed by atoms with Crippen molar-refractivity contribution in [3.05, 3.63) is 99.8 Å². The van der Waals surface area contributed by atoms with Gasteiger partial charge in [-0.1, -0.05) is 54.8 Å². The van der Waals surface area contributed by atoms with Crippen molar-refractivity contribution in [3.63, 3.8) is 0 Å². The van der Waals surface area contributed by atoms with Crippen LogP contribution in [-0.4, -0.2) is 53.6 Å². The molecule has 0 saturated heterocycles. The summed E-state index contributed by atoms with van der Waals surface area (Å²) in [4.78, 5) is 39.7. The van der Waals surface area contributed by atoms with Gasteiger partial charge in [-0.05, 0) is 59.9 Å². The van der Waals surface area contributed by atoms with E-state index in [1.165, 1.54) is 0 Å². The first kappa shape index (κ1) is 30.1. The third kappa shape index (κ3) is 6.66. The van der Waals surface area contributed by atoms with E-state index in [1.807, 2.05) is 0 Å². The van der Waals surface area contributed by atoms with Crippen molar-refractivity contribution in [3.8, 4) is 0 Å². The highest BCUT2D eigenvalue weighted by atomic mass is 35.5. The van der Waals surface area contributed by atoms with Crippen LogP contribution in [0.15, 0.2) is 66.9 Å². The molecule has 3 aromatic rings. The number of halogens is 1. The molecule has 1 aliphatic heterocycles. The standard InChI is InChI=1S/C30H33ClN4O6S/c1-42(39,40)34-25-8-4-5-9-26(25)35-28(20-10-12-21(31)13-11-20)27(23-6-2-3-7-24(23)30(35)38)29(37)33-41-18-22-16-19(17-36)14-15-32-22/h2-3,6-7,10-16,25-28,34,36H,4-5,8-9,17-18H2,1H3,(H,33,37)/t25-,26-,27+,28-/m0/s1. The van der Waals surface area contributed by atoms with Crippen LogP contribution in [0.5, 0.6) is 0 Å². The van der Waals surface area contributed by atoms with Crippen LogP contribution in [0.1, 0.15) is 70.4 Å². The van der Waals surface area contributed by atoms with Gasteiger partial charge in [0, 0.05) is 28.9 Å².